The number of aromatic amines is 1. The fourth-order valence-electron chi connectivity index (χ4n) is 3.50. The van der Waals surface area contributed by atoms with Crippen molar-refractivity contribution in [2.45, 2.75) is 0 Å². The molecule has 0 saturated heterocycles. The molecule has 8 heteroatoms. The number of carboxylic acid groups (broad SMARTS) is 1. The van der Waals surface area contributed by atoms with E-state index in [-0.39, 0.29) is 5.56 Å². The van der Waals surface area contributed by atoms with Gasteiger partial charge in [0.2, 0.25) is 5.75 Å². The summed E-state index contributed by atoms with van der Waals surface area (Å²) in [4.78, 5) is 18.6. The lowest BCUT2D eigenvalue weighted by molar-refractivity contribution is 0.0692. The number of pyridine rings is 1. The average molecular weight is 422 g/mol. The van der Waals surface area contributed by atoms with Crippen LogP contribution in [0.15, 0.2) is 48.8 Å². The van der Waals surface area contributed by atoms with Crippen molar-refractivity contribution in [3.63, 3.8) is 0 Å². The number of nitrogens with zero attached hydrogens (tertiary/aromatic N) is 1. The second-order valence-corrected chi connectivity index (χ2v) is 6.74. The predicted molar refractivity (Wildman–Crippen MR) is 114 cm³/mol. The van der Waals surface area contributed by atoms with E-state index in [0.717, 1.165) is 16.5 Å². The Morgan fingerprint density at radius 2 is 1.68 bits per heavy atom. The number of carbonyl (C=O) groups is 1. The molecular weight excluding hydrogens is 403 g/mol. The van der Waals surface area contributed by atoms with Crippen LogP contribution in [0, 0.1) is 5.82 Å². The van der Waals surface area contributed by atoms with Gasteiger partial charge in [0.1, 0.15) is 11.5 Å². The first-order chi connectivity index (χ1) is 15.0. The predicted octanol–water partition coefficient (Wildman–Crippen LogP) is 4.76. The molecule has 0 atom stereocenters. The van der Waals surface area contributed by atoms with E-state index in [1.807, 2.05) is 18.2 Å². The van der Waals surface area contributed by atoms with Crippen molar-refractivity contribution < 1.29 is 28.5 Å². The zero-order chi connectivity index (χ0) is 22.1. The van der Waals surface area contributed by atoms with Crippen molar-refractivity contribution in [2.24, 2.45) is 0 Å². The summed E-state index contributed by atoms with van der Waals surface area (Å²) in [6, 6.07) is 9.58. The van der Waals surface area contributed by atoms with E-state index in [9.17, 15) is 9.18 Å². The number of benzene rings is 2. The van der Waals surface area contributed by atoms with E-state index in [4.69, 9.17) is 19.3 Å². The topological polar surface area (TPSA) is 93.7 Å². The van der Waals surface area contributed by atoms with Gasteiger partial charge in [-0.05, 0) is 41.5 Å². The molecule has 0 aliphatic heterocycles. The van der Waals surface area contributed by atoms with E-state index < -0.39 is 11.8 Å². The highest BCUT2D eigenvalue weighted by Gasteiger charge is 2.17. The Kier molecular flexibility index (Phi) is 5.21. The van der Waals surface area contributed by atoms with Gasteiger partial charge >= 0.3 is 5.97 Å². The van der Waals surface area contributed by atoms with Crippen LogP contribution in [-0.2, 0) is 0 Å². The summed E-state index contributed by atoms with van der Waals surface area (Å²) in [5, 5.41) is 9.82. The van der Waals surface area contributed by atoms with Crippen molar-refractivity contribution >= 4 is 17.0 Å². The molecule has 0 saturated carbocycles. The Bertz CT molecular complexity index is 1270. The number of ether oxygens (including phenoxy) is 3. The molecule has 2 heterocycles. The van der Waals surface area contributed by atoms with Crippen molar-refractivity contribution in [2.75, 3.05) is 21.3 Å². The fourth-order valence-corrected chi connectivity index (χ4v) is 3.50. The minimum Gasteiger partial charge on any atom is -0.493 e. The maximum absolute atomic E-state index is 14.2. The molecule has 7 nitrogen and oxygen atoms in total. The van der Waals surface area contributed by atoms with Crippen LogP contribution in [-0.4, -0.2) is 42.4 Å². The van der Waals surface area contributed by atoms with E-state index in [0.29, 0.717) is 34.0 Å². The molecule has 4 aromatic rings. The number of methoxy groups -OCH3 is 3. The zero-order valence-corrected chi connectivity index (χ0v) is 17.0. The minimum absolute atomic E-state index is 0.375. The number of halogens is 1. The number of hydrogen-bond donors (Lipinski definition) is 2. The highest BCUT2D eigenvalue weighted by molar-refractivity contribution is 5.97. The second kappa shape index (κ2) is 7.98. The molecule has 0 fully saturated rings. The molecule has 0 amide bonds. The number of nitrogens with one attached hydrogen (secondary N) is 1. The van der Waals surface area contributed by atoms with Crippen LogP contribution in [0.2, 0.25) is 0 Å². The zero-order valence-electron chi connectivity index (χ0n) is 17.0. The molecule has 4 rings (SSSR count). The van der Waals surface area contributed by atoms with E-state index in [2.05, 4.69) is 9.97 Å². The van der Waals surface area contributed by atoms with Gasteiger partial charge in [0, 0.05) is 28.9 Å². The lowest BCUT2D eigenvalue weighted by atomic mass is 10.0. The molecule has 31 heavy (non-hydrogen) atoms. The lowest BCUT2D eigenvalue weighted by Gasteiger charge is -2.14. The molecule has 0 spiro atoms. The quantitative estimate of drug-likeness (QED) is 0.465. The van der Waals surface area contributed by atoms with Crippen LogP contribution < -0.4 is 14.2 Å². The SMILES string of the molecule is COc1cc(-c2cnc3[nH]cc(-c4ccc(C(=O)O)c(F)c4)c3c2)cc(OC)c1OC. The number of fused-ring (bicyclic) bond motifs is 1. The van der Waals surface area contributed by atoms with E-state index in [1.165, 1.54) is 19.2 Å². The summed E-state index contributed by atoms with van der Waals surface area (Å²) >= 11 is 0. The molecule has 0 unspecified atom stereocenters. The smallest absolute Gasteiger partial charge is 0.338 e. The Balaban J connectivity index is 1.85. The van der Waals surface area contributed by atoms with Crippen molar-refractivity contribution in [1.82, 2.24) is 9.97 Å². The minimum atomic E-state index is -1.31. The summed E-state index contributed by atoms with van der Waals surface area (Å²) < 4.78 is 30.5. The number of hydrogen-bond acceptors (Lipinski definition) is 5. The van der Waals surface area contributed by atoms with Gasteiger partial charge in [-0.15, -0.1) is 0 Å². The number of rotatable bonds is 6. The van der Waals surface area contributed by atoms with Crippen LogP contribution >= 0.6 is 0 Å². The second-order valence-electron chi connectivity index (χ2n) is 6.74. The van der Waals surface area contributed by atoms with Gasteiger partial charge in [-0.1, -0.05) is 6.07 Å². The van der Waals surface area contributed by atoms with Gasteiger partial charge in [0.25, 0.3) is 0 Å². The third-order valence-corrected chi connectivity index (χ3v) is 5.04. The van der Waals surface area contributed by atoms with E-state index in [1.54, 1.807) is 32.7 Å². The number of aromatic carboxylic acids is 1. The Labute approximate surface area is 177 Å². The highest BCUT2D eigenvalue weighted by atomic mass is 19.1. The third kappa shape index (κ3) is 3.52. The molecule has 0 aliphatic rings. The molecule has 0 aliphatic carbocycles. The van der Waals surface area contributed by atoms with Gasteiger partial charge < -0.3 is 24.3 Å². The van der Waals surface area contributed by atoms with Crippen LogP contribution in [0.3, 0.4) is 0 Å². The molecule has 0 bridgehead atoms. The number of H-pyrrole nitrogens is 1. The Morgan fingerprint density at radius 3 is 2.26 bits per heavy atom. The Hall–Kier alpha value is -4.07. The maximum atomic E-state index is 14.2. The summed E-state index contributed by atoms with van der Waals surface area (Å²) in [6.07, 6.45) is 3.42. The summed E-state index contributed by atoms with van der Waals surface area (Å²) in [7, 11) is 4.62. The molecule has 2 aromatic heterocycles. The summed E-state index contributed by atoms with van der Waals surface area (Å²) in [6.45, 7) is 0. The monoisotopic (exact) mass is 422 g/mol. The average Bonchev–Trinajstić information content (AvgIpc) is 3.20. The van der Waals surface area contributed by atoms with Gasteiger partial charge in [0.15, 0.2) is 11.5 Å². The van der Waals surface area contributed by atoms with Crippen molar-refractivity contribution in [1.29, 1.82) is 0 Å². The highest BCUT2D eigenvalue weighted by Crippen LogP contribution is 2.42. The fraction of sp³-hybridized carbons (Fsp3) is 0.130. The first kappa shape index (κ1) is 20.2. The van der Waals surface area contributed by atoms with Crippen molar-refractivity contribution in [3.05, 3.63) is 60.2 Å². The van der Waals surface area contributed by atoms with Crippen molar-refractivity contribution in [3.8, 4) is 39.5 Å². The molecule has 158 valence electrons. The maximum Gasteiger partial charge on any atom is 0.338 e. The molecule has 0 radical (unpaired) electrons. The van der Waals surface area contributed by atoms with Crippen LogP contribution in [0.1, 0.15) is 10.4 Å². The lowest BCUT2D eigenvalue weighted by Crippen LogP contribution is -2.00. The largest absolute Gasteiger partial charge is 0.493 e. The molecular formula is C23H19FN2O5. The van der Waals surface area contributed by atoms with Crippen LogP contribution in [0.4, 0.5) is 4.39 Å². The first-order valence-corrected chi connectivity index (χ1v) is 9.27. The molecule has 2 aromatic carbocycles. The van der Waals surface area contributed by atoms with Gasteiger partial charge in [0.05, 0.1) is 26.9 Å². The number of aromatic nitrogens is 2. The Morgan fingerprint density at radius 1 is 0.968 bits per heavy atom. The normalized spacial score (nSPS) is 10.8. The standard InChI is InChI=1S/C23H19FN2O5/c1-29-19-8-13(9-20(30-2)21(19)31-3)14-6-16-17(11-26-22(16)25-10-14)12-4-5-15(23(27)28)18(24)7-12/h4-11H,1-3H3,(H,25,26)(H,27,28). The summed E-state index contributed by atoms with van der Waals surface area (Å²) in [5.41, 5.74) is 3.07. The van der Waals surface area contributed by atoms with E-state index >= 15 is 0 Å². The van der Waals surface area contributed by atoms with Gasteiger partial charge in [-0.2, -0.15) is 0 Å². The number of carboxylic acids is 1. The first-order valence-electron chi connectivity index (χ1n) is 9.27. The van der Waals surface area contributed by atoms with Gasteiger partial charge in [-0.3, -0.25) is 0 Å². The van der Waals surface area contributed by atoms with Crippen LogP contribution in [0.5, 0.6) is 17.2 Å². The van der Waals surface area contributed by atoms with Gasteiger partial charge in [-0.25, -0.2) is 14.2 Å². The third-order valence-electron chi connectivity index (χ3n) is 5.04. The van der Waals surface area contributed by atoms with Crippen LogP contribution in [0.25, 0.3) is 33.3 Å². The summed E-state index contributed by atoms with van der Waals surface area (Å²) in [5.74, 6) is -0.600. The molecule has 2 N–H and O–H groups in total.